The van der Waals surface area contributed by atoms with Crippen LogP contribution in [0.25, 0.3) is 10.9 Å². The summed E-state index contributed by atoms with van der Waals surface area (Å²) in [7, 11) is 1.85. The molecule has 1 aliphatic heterocycles. The highest BCUT2D eigenvalue weighted by molar-refractivity contribution is 6.05. The highest BCUT2D eigenvalue weighted by Crippen LogP contribution is 2.25. The van der Waals surface area contributed by atoms with E-state index in [9.17, 15) is 9.59 Å². The predicted octanol–water partition coefficient (Wildman–Crippen LogP) is 2.73. The van der Waals surface area contributed by atoms with Gasteiger partial charge in [0.05, 0.1) is 23.8 Å². The standard InChI is InChI=1S/C22H27N5O2/c1-22(2,3)18-11-12-19(28)27(23-18)14-15-8-7-13-26(15)21(29)20-16-9-5-6-10-17(16)25(4)24-20/h5-6,9-12,15H,7-8,13-14H2,1-4H3. The van der Waals surface area contributed by atoms with E-state index in [1.165, 1.54) is 4.68 Å². The first kappa shape index (κ1) is 19.4. The second kappa shape index (κ2) is 7.13. The van der Waals surface area contributed by atoms with Crippen molar-refractivity contribution in [3.8, 4) is 0 Å². The van der Waals surface area contributed by atoms with E-state index in [0.29, 0.717) is 18.8 Å². The number of para-hydroxylation sites is 1. The number of hydrogen-bond donors (Lipinski definition) is 0. The van der Waals surface area contributed by atoms with E-state index >= 15 is 0 Å². The normalized spacial score (nSPS) is 17.2. The molecule has 1 aromatic carbocycles. The van der Waals surface area contributed by atoms with Crippen molar-refractivity contribution in [2.45, 2.75) is 51.6 Å². The molecular weight excluding hydrogens is 366 g/mol. The van der Waals surface area contributed by atoms with Gasteiger partial charge in [-0.2, -0.15) is 10.2 Å². The van der Waals surface area contributed by atoms with Crippen molar-refractivity contribution in [2.24, 2.45) is 7.05 Å². The van der Waals surface area contributed by atoms with Gasteiger partial charge in [0.1, 0.15) is 0 Å². The van der Waals surface area contributed by atoms with Crippen molar-refractivity contribution < 1.29 is 4.79 Å². The molecular formula is C22H27N5O2. The van der Waals surface area contributed by atoms with E-state index in [-0.39, 0.29) is 22.9 Å². The Hall–Kier alpha value is -2.96. The average molecular weight is 393 g/mol. The number of likely N-dealkylation sites (tertiary alicyclic amines) is 1. The predicted molar refractivity (Wildman–Crippen MR) is 112 cm³/mol. The molecule has 0 radical (unpaired) electrons. The van der Waals surface area contributed by atoms with Gasteiger partial charge >= 0.3 is 0 Å². The summed E-state index contributed by atoms with van der Waals surface area (Å²) < 4.78 is 3.25. The topological polar surface area (TPSA) is 73.0 Å². The lowest BCUT2D eigenvalue weighted by Crippen LogP contribution is -2.41. The highest BCUT2D eigenvalue weighted by atomic mass is 16.2. The molecule has 2 aromatic heterocycles. The van der Waals surface area contributed by atoms with E-state index in [4.69, 9.17) is 0 Å². The van der Waals surface area contributed by atoms with Crippen LogP contribution in [0.15, 0.2) is 41.2 Å². The van der Waals surface area contributed by atoms with Gasteiger partial charge in [0.15, 0.2) is 5.69 Å². The molecule has 1 saturated heterocycles. The first-order valence-corrected chi connectivity index (χ1v) is 10.1. The Balaban J connectivity index is 1.63. The number of amides is 1. The number of aromatic nitrogens is 4. The fourth-order valence-electron chi connectivity index (χ4n) is 3.98. The van der Waals surface area contributed by atoms with Gasteiger partial charge in [-0.1, -0.05) is 39.0 Å². The van der Waals surface area contributed by atoms with Gasteiger partial charge in [-0.05, 0) is 25.0 Å². The molecule has 1 amide bonds. The van der Waals surface area contributed by atoms with Crippen LogP contribution in [0.2, 0.25) is 0 Å². The number of nitrogens with zero attached hydrogens (tertiary/aromatic N) is 5. The largest absolute Gasteiger partial charge is 0.332 e. The van der Waals surface area contributed by atoms with Gasteiger partial charge in [0, 0.05) is 30.5 Å². The Labute approximate surface area is 169 Å². The van der Waals surface area contributed by atoms with E-state index in [1.54, 1.807) is 16.8 Å². The smallest absolute Gasteiger partial charge is 0.275 e. The fraction of sp³-hybridized carbons (Fsp3) is 0.455. The molecule has 1 unspecified atom stereocenters. The molecule has 0 aliphatic carbocycles. The number of carbonyl (C=O) groups is 1. The third kappa shape index (κ3) is 3.57. The minimum atomic E-state index is -0.145. The second-order valence-electron chi connectivity index (χ2n) is 8.77. The van der Waals surface area contributed by atoms with Crippen LogP contribution in [-0.2, 0) is 19.0 Å². The maximum Gasteiger partial charge on any atom is 0.275 e. The Morgan fingerprint density at radius 3 is 2.66 bits per heavy atom. The summed E-state index contributed by atoms with van der Waals surface area (Å²) in [5.41, 5.74) is 1.98. The molecule has 0 bridgehead atoms. The van der Waals surface area contributed by atoms with Crippen LogP contribution in [0.5, 0.6) is 0 Å². The van der Waals surface area contributed by atoms with Crippen LogP contribution in [-0.4, -0.2) is 43.0 Å². The summed E-state index contributed by atoms with van der Waals surface area (Å²) in [6.45, 7) is 7.28. The van der Waals surface area contributed by atoms with Crippen LogP contribution in [0.4, 0.5) is 0 Å². The lowest BCUT2D eigenvalue weighted by Gasteiger charge is -2.25. The van der Waals surface area contributed by atoms with Gasteiger partial charge in [-0.25, -0.2) is 4.68 Å². The molecule has 0 N–H and O–H groups in total. The zero-order chi connectivity index (χ0) is 20.8. The molecule has 29 heavy (non-hydrogen) atoms. The monoisotopic (exact) mass is 393 g/mol. The van der Waals surface area contributed by atoms with Gasteiger partial charge in [0.2, 0.25) is 0 Å². The molecule has 3 aromatic rings. The minimum Gasteiger partial charge on any atom is -0.332 e. The van der Waals surface area contributed by atoms with Crippen LogP contribution in [0, 0.1) is 0 Å². The minimum absolute atomic E-state index is 0.0660. The number of fused-ring (bicyclic) bond motifs is 1. The van der Waals surface area contributed by atoms with E-state index in [0.717, 1.165) is 29.4 Å². The lowest BCUT2D eigenvalue weighted by atomic mass is 9.92. The van der Waals surface area contributed by atoms with Crippen molar-refractivity contribution in [1.82, 2.24) is 24.5 Å². The first-order chi connectivity index (χ1) is 13.8. The number of aryl methyl sites for hydroxylation is 1. The van der Waals surface area contributed by atoms with Gasteiger partial charge in [0.25, 0.3) is 11.5 Å². The molecule has 3 heterocycles. The quantitative estimate of drug-likeness (QED) is 0.686. The summed E-state index contributed by atoms with van der Waals surface area (Å²) in [5, 5.41) is 9.91. The summed E-state index contributed by atoms with van der Waals surface area (Å²) in [4.78, 5) is 27.6. The SMILES string of the molecule is Cn1nc(C(=O)N2CCCC2Cn2nc(C(C)(C)C)ccc2=O)c2ccccc21. The van der Waals surface area contributed by atoms with Crippen molar-refractivity contribution in [3.05, 3.63) is 58.1 Å². The van der Waals surface area contributed by atoms with Crippen LogP contribution in [0.1, 0.15) is 49.8 Å². The Kier molecular flexibility index (Phi) is 4.76. The molecule has 1 atom stereocenters. The third-order valence-electron chi connectivity index (χ3n) is 5.62. The number of rotatable bonds is 3. The second-order valence-corrected chi connectivity index (χ2v) is 8.77. The summed E-state index contributed by atoms with van der Waals surface area (Å²) in [6.07, 6.45) is 1.76. The third-order valence-corrected chi connectivity index (χ3v) is 5.62. The Morgan fingerprint density at radius 2 is 1.90 bits per heavy atom. The zero-order valence-electron chi connectivity index (χ0n) is 17.4. The number of hydrogen-bond acceptors (Lipinski definition) is 4. The molecule has 0 saturated carbocycles. The summed E-state index contributed by atoms with van der Waals surface area (Å²) in [5.74, 6) is -0.0793. The van der Waals surface area contributed by atoms with Crippen LogP contribution in [0.3, 0.4) is 0 Å². The van der Waals surface area contributed by atoms with E-state index in [2.05, 4.69) is 31.0 Å². The van der Waals surface area contributed by atoms with Crippen LogP contribution < -0.4 is 5.56 Å². The first-order valence-electron chi connectivity index (χ1n) is 10.1. The maximum atomic E-state index is 13.3. The van der Waals surface area contributed by atoms with Crippen LogP contribution >= 0.6 is 0 Å². The van der Waals surface area contributed by atoms with Crippen molar-refractivity contribution in [2.75, 3.05) is 6.54 Å². The van der Waals surface area contributed by atoms with Crippen molar-refractivity contribution in [3.63, 3.8) is 0 Å². The average Bonchev–Trinajstić information content (AvgIpc) is 3.27. The fourth-order valence-corrected chi connectivity index (χ4v) is 3.98. The number of carbonyl (C=O) groups excluding carboxylic acids is 1. The Bertz CT molecular complexity index is 1120. The summed E-state index contributed by atoms with van der Waals surface area (Å²) in [6, 6.07) is 11.0. The zero-order valence-corrected chi connectivity index (χ0v) is 17.4. The molecule has 1 fully saturated rings. The van der Waals surface area contributed by atoms with Crippen molar-refractivity contribution in [1.29, 1.82) is 0 Å². The summed E-state index contributed by atoms with van der Waals surface area (Å²) >= 11 is 0. The van der Waals surface area contributed by atoms with E-state index in [1.807, 2.05) is 36.2 Å². The lowest BCUT2D eigenvalue weighted by molar-refractivity contribution is 0.0715. The number of benzene rings is 1. The van der Waals surface area contributed by atoms with Gasteiger partial charge < -0.3 is 4.90 Å². The highest BCUT2D eigenvalue weighted by Gasteiger charge is 2.32. The van der Waals surface area contributed by atoms with Gasteiger partial charge in [-0.15, -0.1) is 0 Å². The van der Waals surface area contributed by atoms with E-state index < -0.39 is 0 Å². The van der Waals surface area contributed by atoms with Crippen molar-refractivity contribution >= 4 is 16.8 Å². The molecule has 4 rings (SSSR count). The molecule has 152 valence electrons. The van der Waals surface area contributed by atoms with Gasteiger partial charge in [-0.3, -0.25) is 14.3 Å². The molecule has 7 heteroatoms. The Morgan fingerprint density at radius 1 is 1.14 bits per heavy atom. The maximum absolute atomic E-state index is 13.3. The molecule has 7 nitrogen and oxygen atoms in total. The molecule has 0 spiro atoms. The molecule has 1 aliphatic rings.